The van der Waals surface area contributed by atoms with Crippen LogP contribution < -0.4 is 0 Å². The van der Waals surface area contributed by atoms with E-state index in [1.165, 1.54) is 31.3 Å². The van der Waals surface area contributed by atoms with Crippen molar-refractivity contribution in [3.63, 3.8) is 0 Å². The normalized spacial score (nSPS) is 31.0. The Morgan fingerprint density at radius 2 is 2.27 bits per heavy atom. The highest BCUT2D eigenvalue weighted by Gasteiger charge is 2.25. The van der Waals surface area contributed by atoms with Gasteiger partial charge in [-0.1, -0.05) is 19.1 Å². The monoisotopic (exact) mass is 166 g/mol. The van der Waals surface area contributed by atoms with E-state index < -0.39 is 0 Å². The molecular weight excluding hydrogens is 152 g/mol. The summed E-state index contributed by atoms with van der Waals surface area (Å²) in [6, 6.07) is 0. The topological polar surface area (TPSA) is 0 Å². The maximum Gasteiger partial charge on any atom is 0.0104 e. The van der Waals surface area contributed by atoms with Gasteiger partial charge in [0, 0.05) is 10.2 Å². The first-order valence-electron chi connectivity index (χ1n) is 4.34. The first-order chi connectivity index (χ1) is 5.27. The summed E-state index contributed by atoms with van der Waals surface area (Å²) in [5, 5.41) is 0.815. The fraction of sp³-hybridized carbons (Fsp3) is 0.600. The van der Waals surface area contributed by atoms with Crippen molar-refractivity contribution < 1.29 is 0 Å². The van der Waals surface area contributed by atoms with Crippen molar-refractivity contribution in [1.29, 1.82) is 0 Å². The molecule has 1 aliphatic heterocycles. The summed E-state index contributed by atoms with van der Waals surface area (Å²) in [7, 11) is 0. The van der Waals surface area contributed by atoms with Gasteiger partial charge in [-0.15, -0.1) is 11.8 Å². The Kier molecular flexibility index (Phi) is 1.84. The predicted molar refractivity (Wildman–Crippen MR) is 51.7 cm³/mol. The van der Waals surface area contributed by atoms with Crippen LogP contribution in [0, 0.1) is 0 Å². The van der Waals surface area contributed by atoms with Crippen LogP contribution in [0.4, 0.5) is 0 Å². The van der Waals surface area contributed by atoms with Gasteiger partial charge in [-0.3, -0.25) is 0 Å². The Morgan fingerprint density at radius 3 is 3.00 bits per heavy atom. The number of thioether (sulfide) groups is 1. The second-order valence-corrected chi connectivity index (χ2v) is 4.97. The lowest BCUT2D eigenvalue weighted by atomic mass is 9.94. The summed E-state index contributed by atoms with van der Waals surface area (Å²) in [4.78, 5) is 1.56. The van der Waals surface area contributed by atoms with Crippen LogP contribution in [0.5, 0.6) is 0 Å². The van der Waals surface area contributed by atoms with Gasteiger partial charge in [0.25, 0.3) is 0 Å². The minimum atomic E-state index is 0.815. The molecule has 1 unspecified atom stereocenters. The highest BCUT2D eigenvalue weighted by Crippen LogP contribution is 2.46. The SMILES string of the molecule is C=C1CCCC2=C1SC(C)C2. The van der Waals surface area contributed by atoms with Crippen molar-refractivity contribution in [3.05, 3.63) is 22.6 Å². The van der Waals surface area contributed by atoms with E-state index in [-0.39, 0.29) is 0 Å². The Bertz CT molecular complexity index is 225. The average Bonchev–Trinajstić information content (AvgIpc) is 2.31. The number of rotatable bonds is 0. The highest BCUT2D eigenvalue weighted by molar-refractivity contribution is 8.04. The summed E-state index contributed by atoms with van der Waals surface area (Å²) in [6.45, 7) is 6.43. The van der Waals surface area contributed by atoms with Gasteiger partial charge in [0.15, 0.2) is 0 Å². The Morgan fingerprint density at radius 1 is 1.45 bits per heavy atom. The molecule has 2 rings (SSSR count). The molecule has 0 spiro atoms. The molecular formula is C10H14S. The lowest BCUT2D eigenvalue weighted by molar-refractivity contribution is 0.747. The second kappa shape index (κ2) is 2.71. The van der Waals surface area contributed by atoms with Crippen molar-refractivity contribution in [2.45, 2.75) is 37.9 Å². The summed E-state index contributed by atoms with van der Waals surface area (Å²) in [5.74, 6) is 0. The Balaban J connectivity index is 2.25. The third-order valence-corrected chi connectivity index (χ3v) is 3.83. The largest absolute Gasteiger partial charge is 0.122 e. The molecule has 1 atom stereocenters. The fourth-order valence-electron chi connectivity index (χ4n) is 1.94. The third kappa shape index (κ3) is 1.26. The quantitative estimate of drug-likeness (QED) is 0.530. The fourth-order valence-corrected chi connectivity index (χ4v) is 3.25. The molecule has 1 heterocycles. The molecule has 1 heteroatoms. The van der Waals surface area contributed by atoms with Crippen LogP contribution in [0.25, 0.3) is 0 Å². The van der Waals surface area contributed by atoms with E-state index in [2.05, 4.69) is 13.5 Å². The van der Waals surface area contributed by atoms with E-state index in [1.54, 1.807) is 10.5 Å². The minimum Gasteiger partial charge on any atom is -0.122 e. The van der Waals surface area contributed by atoms with Gasteiger partial charge in [0.05, 0.1) is 0 Å². The van der Waals surface area contributed by atoms with Crippen LogP contribution in [0.2, 0.25) is 0 Å². The van der Waals surface area contributed by atoms with E-state index in [1.807, 2.05) is 11.8 Å². The molecule has 0 amide bonds. The zero-order valence-corrected chi connectivity index (χ0v) is 7.84. The van der Waals surface area contributed by atoms with E-state index >= 15 is 0 Å². The molecule has 0 aromatic rings. The van der Waals surface area contributed by atoms with Gasteiger partial charge in [0.2, 0.25) is 0 Å². The molecule has 0 aromatic heterocycles. The van der Waals surface area contributed by atoms with Crippen molar-refractivity contribution in [1.82, 2.24) is 0 Å². The molecule has 0 fully saturated rings. The van der Waals surface area contributed by atoms with Gasteiger partial charge < -0.3 is 0 Å². The lowest BCUT2D eigenvalue weighted by Gasteiger charge is -2.14. The standard InChI is InChI=1S/C10H14S/c1-7-4-3-5-9-6-8(2)11-10(7)9/h8H,1,3-6H2,2H3. The molecule has 2 aliphatic rings. The lowest BCUT2D eigenvalue weighted by Crippen LogP contribution is -1.95. The number of hydrogen-bond acceptors (Lipinski definition) is 1. The van der Waals surface area contributed by atoms with Crippen molar-refractivity contribution in [2.75, 3.05) is 0 Å². The summed E-state index contributed by atoms with van der Waals surface area (Å²) in [6.07, 6.45) is 5.23. The van der Waals surface area contributed by atoms with Crippen molar-refractivity contribution >= 4 is 11.8 Å². The van der Waals surface area contributed by atoms with Crippen LogP contribution in [-0.2, 0) is 0 Å². The molecule has 0 saturated heterocycles. The second-order valence-electron chi connectivity index (χ2n) is 3.52. The zero-order chi connectivity index (χ0) is 7.84. The van der Waals surface area contributed by atoms with Gasteiger partial charge in [-0.05, 0) is 31.3 Å². The number of allylic oxidation sites excluding steroid dienone is 2. The van der Waals surface area contributed by atoms with E-state index in [0.29, 0.717) is 0 Å². The van der Waals surface area contributed by atoms with Crippen LogP contribution in [-0.4, -0.2) is 5.25 Å². The molecule has 1 aliphatic carbocycles. The van der Waals surface area contributed by atoms with Crippen LogP contribution in [0.15, 0.2) is 22.6 Å². The first kappa shape index (κ1) is 7.48. The zero-order valence-electron chi connectivity index (χ0n) is 7.02. The van der Waals surface area contributed by atoms with Gasteiger partial charge in [-0.25, -0.2) is 0 Å². The van der Waals surface area contributed by atoms with Crippen LogP contribution >= 0.6 is 11.8 Å². The Labute approximate surface area is 72.8 Å². The molecule has 0 radical (unpaired) electrons. The molecule has 60 valence electrons. The summed E-state index contributed by atoms with van der Waals surface area (Å²) in [5.41, 5.74) is 3.10. The van der Waals surface area contributed by atoms with E-state index in [9.17, 15) is 0 Å². The molecule has 0 saturated carbocycles. The molecule has 0 aromatic carbocycles. The average molecular weight is 166 g/mol. The maximum atomic E-state index is 4.11. The van der Waals surface area contributed by atoms with Crippen LogP contribution in [0.1, 0.15) is 32.6 Å². The first-order valence-corrected chi connectivity index (χ1v) is 5.22. The number of hydrogen-bond donors (Lipinski definition) is 0. The molecule has 0 bridgehead atoms. The predicted octanol–water partition coefficient (Wildman–Crippen LogP) is 3.51. The van der Waals surface area contributed by atoms with E-state index in [0.717, 1.165) is 5.25 Å². The smallest absolute Gasteiger partial charge is 0.0104 e. The van der Waals surface area contributed by atoms with Gasteiger partial charge in [0.1, 0.15) is 0 Å². The van der Waals surface area contributed by atoms with Crippen molar-refractivity contribution in [3.8, 4) is 0 Å². The van der Waals surface area contributed by atoms with Crippen LogP contribution in [0.3, 0.4) is 0 Å². The molecule has 0 nitrogen and oxygen atoms in total. The third-order valence-electron chi connectivity index (χ3n) is 2.45. The molecule has 11 heavy (non-hydrogen) atoms. The highest BCUT2D eigenvalue weighted by atomic mass is 32.2. The molecule has 0 N–H and O–H groups in total. The Hall–Kier alpha value is -0.170. The minimum absolute atomic E-state index is 0.815. The van der Waals surface area contributed by atoms with Crippen molar-refractivity contribution in [2.24, 2.45) is 0 Å². The maximum absolute atomic E-state index is 4.11. The summed E-state index contributed by atoms with van der Waals surface area (Å²) < 4.78 is 0. The van der Waals surface area contributed by atoms with Gasteiger partial charge >= 0.3 is 0 Å². The summed E-state index contributed by atoms with van der Waals surface area (Å²) >= 11 is 2.04. The van der Waals surface area contributed by atoms with E-state index in [4.69, 9.17) is 0 Å². The van der Waals surface area contributed by atoms with Gasteiger partial charge in [-0.2, -0.15) is 0 Å².